The van der Waals surface area contributed by atoms with Crippen LogP contribution >= 0.6 is 0 Å². The van der Waals surface area contributed by atoms with E-state index in [-0.39, 0.29) is 5.41 Å². The Bertz CT molecular complexity index is 683. The molecule has 3 aliphatic rings. The molecule has 1 saturated carbocycles. The van der Waals surface area contributed by atoms with Crippen LogP contribution in [0.1, 0.15) is 62.5 Å². The summed E-state index contributed by atoms with van der Waals surface area (Å²) in [5, 5.41) is 0. The summed E-state index contributed by atoms with van der Waals surface area (Å²) in [7, 11) is 2.23. The first-order chi connectivity index (χ1) is 11.7. The van der Waals surface area contributed by atoms with Gasteiger partial charge in [0.15, 0.2) is 0 Å². The number of hydrogen-bond donors (Lipinski definition) is 0. The van der Waals surface area contributed by atoms with E-state index in [4.69, 9.17) is 6.85 Å². The molecule has 2 bridgehead atoms. The van der Waals surface area contributed by atoms with E-state index in [1.165, 1.54) is 30.4 Å². The van der Waals surface area contributed by atoms with Gasteiger partial charge in [-0.15, -0.1) is 0 Å². The van der Waals surface area contributed by atoms with E-state index in [0.29, 0.717) is 17.5 Å². The number of likely N-dealkylation sites (tertiary alicyclic amines) is 1. The molecule has 3 atom stereocenters. The average molecular weight is 274 g/mol. The van der Waals surface area contributed by atoms with Crippen molar-refractivity contribution >= 4 is 0 Å². The zero-order chi connectivity index (χ0) is 18.0. The molecule has 1 heteroatoms. The molecule has 1 heterocycles. The Morgan fingerprint density at radius 1 is 1.40 bits per heavy atom. The van der Waals surface area contributed by atoms with Crippen molar-refractivity contribution in [2.75, 3.05) is 13.6 Å². The van der Waals surface area contributed by atoms with Crippen molar-refractivity contribution < 1.29 is 6.85 Å². The number of aryl methyl sites for hydroxylation is 1. The fourth-order valence-corrected chi connectivity index (χ4v) is 5.27. The van der Waals surface area contributed by atoms with Gasteiger partial charge < -0.3 is 4.90 Å². The van der Waals surface area contributed by atoms with Gasteiger partial charge in [-0.05, 0) is 68.3 Å². The summed E-state index contributed by atoms with van der Waals surface area (Å²) in [6, 6.07) is 6.21. The minimum atomic E-state index is -2.64. The monoisotopic (exact) mass is 274 g/mol. The Labute approximate surface area is 130 Å². The first-order valence-electron chi connectivity index (χ1n) is 10.5. The molecular formula is C19H27N. The highest BCUT2D eigenvalue weighted by Gasteiger charge is 2.52. The second kappa shape index (κ2) is 4.59. The summed E-state index contributed by atoms with van der Waals surface area (Å²) >= 11 is 0. The summed E-state index contributed by atoms with van der Waals surface area (Å²) in [4.78, 5) is 2.51. The van der Waals surface area contributed by atoms with Crippen molar-refractivity contribution in [1.82, 2.24) is 4.90 Å². The second-order valence-electron chi connectivity index (χ2n) is 7.01. The van der Waals surface area contributed by atoms with Gasteiger partial charge >= 0.3 is 0 Å². The predicted octanol–water partition coefficient (Wildman–Crippen LogP) is 3.94. The standard InChI is InChI=1S/C19H27N/c1-3-14-7-8-15-13-18-16-6-4-5-9-19(16,17(15)12-14)10-11-20(18)2/h7-8,12,16,18H,3-6,9-11,13H2,1-2H3/t16-,18+,19+/m1/s1/i1D3,3D2. The molecule has 0 radical (unpaired) electrons. The van der Waals surface area contributed by atoms with Crippen LogP contribution in [0.15, 0.2) is 18.2 Å². The van der Waals surface area contributed by atoms with Gasteiger partial charge in [0.05, 0.1) is 0 Å². The molecule has 1 aliphatic heterocycles. The van der Waals surface area contributed by atoms with Crippen LogP contribution in [0.5, 0.6) is 0 Å². The van der Waals surface area contributed by atoms with Crippen LogP contribution in [0.4, 0.5) is 0 Å². The Hall–Kier alpha value is -0.820. The molecule has 0 N–H and O–H groups in total. The lowest BCUT2D eigenvalue weighted by Gasteiger charge is -2.58. The van der Waals surface area contributed by atoms with Gasteiger partial charge in [0.1, 0.15) is 0 Å². The number of piperidine rings is 1. The van der Waals surface area contributed by atoms with Crippen LogP contribution in [-0.4, -0.2) is 24.5 Å². The van der Waals surface area contributed by atoms with Crippen molar-refractivity contribution in [1.29, 1.82) is 0 Å². The summed E-state index contributed by atoms with van der Waals surface area (Å²) in [6.45, 7) is -1.56. The van der Waals surface area contributed by atoms with Crippen LogP contribution in [0, 0.1) is 5.92 Å². The van der Waals surface area contributed by atoms with Gasteiger partial charge in [-0.1, -0.05) is 37.9 Å². The smallest absolute Gasteiger partial charge is 0.0313 e. The molecule has 2 aliphatic carbocycles. The molecule has 1 nitrogen and oxygen atoms in total. The molecule has 0 spiro atoms. The number of nitrogens with zero attached hydrogens (tertiary/aromatic N) is 1. The zero-order valence-corrected chi connectivity index (χ0v) is 12.3. The quantitative estimate of drug-likeness (QED) is 0.750. The van der Waals surface area contributed by atoms with E-state index in [2.05, 4.69) is 11.9 Å². The predicted molar refractivity (Wildman–Crippen MR) is 84.2 cm³/mol. The highest BCUT2D eigenvalue weighted by molar-refractivity contribution is 5.43. The lowest BCUT2D eigenvalue weighted by molar-refractivity contribution is 0.00282. The maximum Gasteiger partial charge on any atom is 0.0313 e. The van der Waals surface area contributed by atoms with Gasteiger partial charge in [-0.3, -0.25) is 0 Å². The number of likely N-dealkylation sites (N-methyl/N-ethyl adjacent to an activating group) is 1. The van der Waals surface area contributed by atoms with E-state index in [1.807, 2.05) is 12.1 Å². The molecule has 20 heavy (non-hydrogen) atoms. The van der Waals surface area contributed by atoms with Crippen molar-refractivity contribution in [2.45, 2.75) is 63.2 Å². The van der Waals surface area contributed by atoms with Crippen LogP contribution in [0.25, 0.3) is 0 Å². The zero-order valence-electron chi connectivity index (χ0n) is 17.3. The molecule has 1 aromatic rings. The van der Waals surface area contributed by atoms with Gasteiger partial charge in [-0.2, -0.15) is 0 Å². The molecule has 1 saturated heterocycles. The number of benzene rings is 1. The highest BCUT2D eigenvalue weighted by Crippen LogP contribution is 2.55. The Balaban J connectivity index is 1.85. The number of fused-ring (bicyclic) bond motifs is 1. The van der Waals surface area contributed by atoms with Crippen molar-refractivity contribution in [3.05, 3.63) is 34.9 Å². The molecule has 0 aromatic heterocycles. The van der Waals surface area contributed by atoms with Crippen LogP contribution < -0.4 is 0 Å². The number of rotatable bonds is 1. The molecule has 2 fully saturated rings. The lowest BCUT2D eigenvalue weighted by Crippen LogP contribution is -2.59. The summed E-state index contributed by atoms with van der Waals surface area (Å²) in [5.74, 6) is 0.626. The Morgan fingerprint density at radius 2 is 2.35 bits per heavy atom. The van der Waals surface area contributed by atoms with Gasteiger partial charge in [0.2, 0.25) is 0 Å². The van der Waals surface area contributed by atoms with Crippen LogP contribution in [-0.2, 0) is 18.2 Å². The first-order valence-corrected chi connectivity index (χ1v) is 8.01. The van der Waals surface area contributed by atoms with Crippen LogP contribution in [0.3, 0.4) is 0 Å². The molecule has 1 aromatic carbocycles. The topological polar surface area (TPSA) is 3.24 Å². The SMILES string of the molecule is [2H]C([2H])([2H])C([2H])([2H])c1ccc2c(c1)[C@]13CCCC[C@@H]1[C@H](C2)N(C)CC3. The van der Waals surface area contributed by atoms with Gasteiger partial charge in [0, 0.05) is 18.3 Å². The molecule has 108 valence electrons. The maximum atomic E-state index is 8.17. The fraction of sp³-hybridized carbons (Fsp3) is 0.684. The van der Waals surface area contributed by atoms with Crippen molar-refractivity contribution in [3.63, 3.8) is 0 Å². The van der Waals surface area contributed by atoms with E-state index >= 15 is 0 Å². The normalized spacial score (nSPS) is 41.4. The summed E-state index contributed by atoms with van der Waals surface area (Å²) in [6.07, 6.45) is 4.73. The maximum absolute atomic E-state index is 8.17. The third-order valence-electron chi connectivity index (χ3n) is 6.26. The summed E-state index contributed by atoms with van der Waals surface area (Å²) in [5.41, 5.74) is 3.01. The Kier molecular flexibility index (Phi) is 1.97. The third-order valence-corrected chi connectivity index (χ3v) is 6.26. The number of hydrogen-bond acceptors (Lipinski definition) is 1. The molecular weight excluding hydrogens is 242 g/mol. The second-order valence-corrected chi connectivity index (χ2v) is 7.01. The molecule has 4 rings (SSSR count). The summed E-state index contributed by atoms with van der Waals surface area (Å²) < 4.78 is 39.2. The lowest BCUT2D eigenvalue weighted by atomic mass is 9.52. The molecule has 0 amide bonds. The van der Waals surface area contributed by atoms with E-state index in [0.717, 1.165) is 25.8 Å². The van der Waals surface area contributed by atoms with E-state index in [9.17, 15) is 0 Å². The van der Waals surface area contributed by atoms with Crippen LogP contribution in [0.2, 0.25) is 0 Å². The van der Waals surface area contributed by atoms with E-state index in [1.54, 1.807) is 6.07 Å². The van der Waals surface area contributed by atoms with Crippen molar-refractivity contribution in [3.8, 4) is 0 Å². The largest absolute Gasteiger partial charge is 0.303 e. The highest BCUT2D eigenvalue weighted by atomic mass is 15.1. The minimum Gasteiger partial charge on any atom is -0.303 e. The minimum absolute atomic E-state index is 0.129. The average Bonchev–Trinajstić information content (AvgIpc) is 2.56. The van der Waals surface area contributed by atoms with Gasteiger partial charge in [-0.25, -0.2) is 0 Å². The van der Waals surface area contributed by atoms with E-state index < -0.39 is 13.2 Å². The van der Waals surface area contributed by atoms with Crippen molar-refractivity contribution in [2.24, 2.45) is 5.92 Å². The van der Waals surface area contributed by atoms with Gasteiger partial charge in [0.25, 0.3) is 0 Å². The first kappa shape index (κ1) is 8.58. The fourth-order valence-electron chi connectivity index (χ4n) is 5.27. The third kappa shape index (κ3) is 1.65. The molecule has 0 unspecified atom stereocenters. The Morgan fingerprint density at radius 3 is 3.25 bits per heavy atom.